The number of imidazole rings is 1. The Morgan fingerprint density at radius 2 is 0.963 bits per heavy atom. The average molecular weight is 687 g/mol. The molecular formula is C52H34N2. The molecule has 1 heterocycles. The van der Waals surface area contributed by atoms with E-state index in [1.54, 1.807) is 0 Å². The lowest BCUT2D eigenvalue weighted by atomic mass is 9.68. The second-order valence-electron chi connectivity index (χ2n) is 14.8. The van der Waals surface area contributed by atoms with E-state index in [1.807, 2.05) is 0 Å². The van der Waals surface area contributed by atoms with Crippen LogP contribution in [0.25, 0.3) is 88.1 Å². The van der Waals surface area contributed by atoms with Gasteiger partial charge in [0.1, 0.15) is 5.82 Å². The minimum atomic E-state index is -0.483. The third-order valence-corrected chi connectivity index (χ3v) is 12.4. The molecule has 12 rings (SSSR count). The summed E-state index contributed by atoms with van der Waals surface area (Å²) in [5.41, 5.74) is 16.2. The number of aromatic nitrogens is 2. The lowest BCUT2D eigenvalue weighted by Gasteiger charge is -2.33. The third-order valence-electron chi connectivity index (χ3n) is 12.4. The van der Waals surface area contributed by atoms with Crippen LogP contribution < -0.4 is 0 Å². The number of nitrogens with zero attached hydrogens (tertiary/aromatic N) is 2. The molecule has 10 aromatic rings. The van der Waals surface area contributed by atoms with Crippen LogP contribution in [0, 0.1) is 0 Å². The summed E-state index contributed by atoms with van der Waals surface area (Å²) in [6, 6.07) is 65.7. The van der Waals surface area contributed by atoms with Crippen molar-refractivity contribution in [3.63, 3.8) is 0 Å². The number of hydrogen-bond acceptors (Lipinski definition) is 1. The first kappa shape index (κ1) is 29.8. The molecule has 0 unspecified atom stereocenters. The normalized spacial score (nSPS) is 13.5. The van der Waals surface area contributed by atoms with Crippen molar-refractivity contribution in [2.24, 2.45) is 0 Å². The van der Waals surface area contributed by atoms with Crippen molar-refractivity contribution in [2.45, 2.75) is 18.9 Å². The Balaban J connectivity index is 1.21. The van der Waals surface area contributed by atoms with Crippen molar-refractivity contribution in [1.82, 2.24) is 9.55 Å². The van der Waals surface area contributed by atoms with Gasteiger partial charge in [0.25, 0.3) is 0 Å². The standard InChI is InChI=1S/C52H34N2/c1-2-54-47-26-14-13-25-46(47)53-51(54)33-29-27-32(28-30-33)42-31-43-48-39-20-6-3-15-34(39)35-16-4-8-22-41(35)50(48)52(49(43)40-21-7-5-17-36(40)42)44-23-11-9-18-37(44)38-19-10-12-24-45(38)52/h3-31H,2H2,1H3. The minimum Gasteiger partial charge on any atom is -0.324 e. The van der Waals surface area contributed by atoms with E-state index >= 15 is 0 Å². The van der Waals surface area contributed by atoms with E-state index in [1.165, 1.54) is 93.5 Å². The Morgan fingerprint density at radius 3 is 1.65 bits per heavy atom. The Bertz CT molecular complexity index is 3150. The van der Waals surface area contributed by atoms with Gasteiger partial charge in [0.2, 0.25) is 0 Å². The molecule has 54 heavy (non-hydrogen) atoms. The maximum atomic E-state index is 5.07. The van der Waals surface area contributed by atoms with Crippen molar-refractivity contribution in [2.75, 3.05) is 0 Å². The smallest absolute Gasteiger partial charge is 0.141 e. The number of fused-ring (bicyclic) bond motifs is 18. The summed E-state index contributed by atoms with van der Waals surface area (Å²) < 4.78 is 2.32. The fourth-order valence-electron chi connectivity index (χ4n) is 10.3. The summed E-state index contributed by atoms with van der Waals surface area (Å²) in [7, 11) is 0. The number of para-hydroxylation sites is 2. The number of hydrogen-bond donors (Lipinski definition) is 0. The van der Waals surface area contributed by atoms with E-state index in [0.717, 1.165) is 23.4 Å². The van der Waals surface area contributed by atoms with Crippen LogP contribution in [0.4, 0.5) is 0 Å². The molecule has 1 spiro atoms. The predicted octanol–water partition coefficient (Wildman–Crippen LogP) is 13.2. The van der Waals surface area contributed by atoms with E-state index in [-0.39, 0.29) is 0 Å². The Kier molecular flexibility index (Phi) is 6.00. The van der Waals surface area contributed by atoms with Gasteiger partial charge in [0.05, 0.1) is 16.4 Å². The molecule has 0 N–H and O–H groups in total. The van der Waals surface area contributed by atoms with E-state index < -0.39 is 5.41 Å². The SMILES string of the molecule is CCn1c(-c2ccc(-c3cc4c(c5ccccc35)C3(c5ccccc5-c5ccccc53)c3c-4c4ccccc4c4ccccc34)cc2)nc2ccccc21. The lowest BCUT2D eigenvalue weighted by molar-refractivity contribution is 0.796. The maximum Gasteiger partial charge on any atom is 0.141 e. The summed E-state index contributed by atoms with van der Waals surface area (Å²) in [4.78, 5) is 5.07. The highest BCUT2D eigenvalue weighted by Gasteiger charge is 2.54. The van der Waals surface area contributed by atoms with Crippen LogP contribution in [0.1, 0.15) is 29.2 Å². The summed E-state index contributed by atoms with van der Waals surface area (Å²) in [6.45, 7) is 3.06. The van der Waals surface area contributed by atoms with Gasteiger partial charge in [0.15, 0.2) is 0 Å². The van der Waals surface area contributed by atoms with Gasteiger partial charge >= 0.3 is 0 Å². The maximum absolute atomic E-state index is 5.07. The van der Waals surface area contributed by atoms with Crippen molar-refractivity contribution in [3.05, 3.63) is 198 Å². The second-order valence-corrected chi connectivity index (χ2v) is 14.8. The van der Waals surface area contributed by atoms with E-state index in [9.17, 15) is 0 Å². The molecule has 2 heteroatoms. The van der Waals surface area contributed by atoms with Crippen LogP contribution in [0.3, 0.4) is 0 Å². The zero-order chi connectivity index (χ0) is 35.5. The molecule has 2 aliphatic carbocycles. The van der Waals surface area contributed by atoms with Crippen molar-refractivity contribution < 1.29 is 0 Å². The molecule has 0 saturated heterocycles. The Labute approximate surface area is 313 Å². The molecule has 0 atom stereocenters. The van der Waals surface area contributed by atoms with Crippen molar-refractivity contribution in [3.8, 4) is 44.8 Å². The van der Waals surface area contributed by atoms with E-state index in [0.29, 0.717) is 0 Å². The van der Waals surface area contributed by atoms with Gasteiger partial charge < -0.3 is 4.57 Å². The summed E-state index contributed by atoms with van der Waals surface area (Å²) in [5.74, 6) is 1.01. The minimum absolute atomic E-state index is 0.483. The van der Waals surface area contributed by atoms with E-state index in [2.05, 4.69) is 187 Å². The fourth-order valence-corrected chi connectivity index (χ4v) is 10.3. The van der Waals surface area contributed by atoms with Gasteiger partial charge in [-0.1, -0.05) is 158 Å². The average Bonchev–Trinajstić information content (AvgIpc) is 3.88. The topological polar surface area (TPSA) is 17.8 Å². The highest BCUT2D eigenvalue weighted by Crippen LogP contribution is 2.67. The molecule has 2 nitrogen and oxygen atoms in total. The first-order valence-electron chi connectivity index (χ1n) is 19.0. The fraction of sp³-hybridized carbons (Fsp3) is 0.0577. The van der Waals surface area contributed by atoms with Crippen LogP contribution in [0.15, 0.2) is 176 Å². The van der Waals surface area contributed by atoms with Crippen LogP contribution >= 0.6 is 0 Å². The Hall–Kier alpha value is -6.77. The number of aryl methyl sites for hydroxylation is 1. The lowest BCUT2D eigenvalue weighted by Crippen LogP contribution is -2.26. The number of rotatable bonds is 3. The number of benzene rings is 9. The Morgan fingerprint density at radius 1 is 0.444 bits per heavy atom. The van der Waals surface area contributed by atoms with Gasteiger partial charge in [0, 0.05) is 12.1 Å². The summed E-state index contributed by atoms with van der Waals surface area (Å²) in [6.07, 6.45) is 0. The molecule has 252 valence electrons. The molecule has 1 aromatic heterocycles. The zero-order valence-electron chi connectivity index (χ0n) is 29.8. The molecule has 9 aromatic carbocycles. The zero-order valence-corrected chi connectivity index (χ0v) is 29.8. The van der Waals surface area contributed by atoms with E-state index in [4.69, 9.17) is 4.98 Å². The van der Waals surface area contributed by atoms with Crippen LogP contribution in [-0.4, -0.2) is 9.55 Å². The summed E-state index contributed by atoms with van der Waals surface area (Å²) >= 11 is 0. The van der Waals surface area contributed by atoms with Crippen LogP contribution in [-0.2, 0) is 12.0 Å². The molecule has 0 aliphatic heterocycles. The largest absolute Gasteiger partial charge is 0.324 e. The molecule has 0 saturated carbocycles. The van der Waals surface area contributed by atoms with Gasteiger partial charge in [-0.25, -0.2) is 4.98 Å². The molecule has 0 fully saturated rings. The van der Waals surface area contributed by atoms with Gasteiger partial charge in [-0.3, -0.25) is 0 Å². The van der Waals surface area contributed by atoms with Gasteiger partial charge in [-0.15, -0.1) is 0 Å². The quantitative estimate of drug-likeness (QED) is 0.169. The summed E-state index contributed by atoms with van der Waals surface area (Å²) in [5, 5.41) is 7.81. The first-order chi connectivity index (χ1) is 26.8. The molecule has 0 amide bonds. The highest BCUT2D eigenvalue weighted by atomic mass is 15.1. The van der Waals surface area contributed by atoms with Gasteiger partial charge in [-0.05, 0) is 113 Å². The molecule has 2 aliphatic rings. The molecular weight excluding hydrogens is 653 g/mol. The van der Waals surface area contributed by atoms with Crippen molar-refractivity contribution >= 4 is 43.4 Å². The predicted molar refractivity (Wildman–Crippen MR) is 225 cm³/mol. The highest BCUT2D eigenvalue weighted by molar-refractivity contribution is 6.22. The van der Waals surface area contributed by atoms with Crippen molar-refractivity contribution in [1.29, 1.82) is 0 Å². The third kappa shape index (κ3) is 3.67. The van der Waals surface area contributed by atoms with Gasteiger partial charge in [-0.2, -0.15) is 0 Å². The second kappa shape index (κ2) is 10.9. The first-order valence-corrected chi connectivity index (χ1v) is 19.0. The molecule has 0 bridgehead atoms. The molecule has 0 radical (unpaired) electrons. The monoisotopic (exact) mass is 686 g/mol. The van der Waals surface area contributed by atoms with Crippen LogP contribution in [0.5, 0.6) is 0 Å². The van der Waals surface area contributed by atoms with Crippen LogP contribution in [0.2, 0.25) is 0 Å².